The highest BCUT2D eigenvalue weighted by molar-refractivity contribution is 7.92. The first-order chi connectivity index (χ1) is 31.9. The van der Waals surface area contributed by atoms with Gasteiger partial charge in [-0.25, -0.2) is 8.42 Å². The van der Waals surface area contributed by atoms with E-state index in [9.17, 15) is 8.42 Å². The summed E-state index contributed by atoms with van der Waals surface area (Å²) in [6, 6.07) is 50.2. The molecule has 0 radical (unpaired) electrons. The second kappa shape index (κ2) is 21.2. The van der Waals surface area contributed by atoms with Crippen molar-refractivity contribution in [2.24, 2.45) is 5.92 Å². The van der Waals surface area contributed by atoms with Gasteiger partial charge in [-0.3, -0.25) is 0 Å². The van der Waals surface area contributed by atoms with Crippen LogP contribution in [0.3, 0.4) is 0 Å². The third kappa shape index (κ3) is 10.6. The van der Waals surface area contributed by atoms with Gasteiger partial charge in [-0.1, -0.05) is 185 Å². The van der Waals surface area contributed by atoms with E-state index in [0.717, 1.165) is 24.0 Å². The first-order valence-electron chi connectivity index (χ1n) is 23.7. The van der Waals surface area contributed by atoms with Crippen molar-refractivity contribution < 1.29 is 36.5 Å². The van der Waals surface area contributed by atoms with Crippen LogP contribution in [0.15, 0.2) is 181 Å². The van der Waals surface area contributed by atoms with Gasteiger partial charge in [0.1, 0.15) is 5.25 Å². The van der Waals surface area contributed by atoms with E-state index in [1.165, 1.54) is 10.4 Å². The molecule has 0 aliphatic carbocycles. The van der Waals surface area contributed by atoms with E-state index < -0.39 is 41.1 Å². The Morgan fingerprint density at radius 2 is 1.32 bits per heavy atom. The minimum atomic E-state index is -3.98. The molecule has 66 heavy (non-hydrogen) atoms. The van der Waals surface area contributed by atoms with Crippen LogP contribution >= 0.6 is 0 Å². The zero-order chi connectivity index (χ0) is 46.1. The molecule has 0 amide bonds. The van der Waals surface area contributed by atoms with Crippen LogP contribution < -0.4 is 10.4 Å². The Balaban J connectivity index is 0.999. The topological polar surface area (TPSA) is 89.5 Å². The van der Waals surface area contributed by atoms with Crippen LogP contribution in [0.25, 0.3) is 0 Å². The summed E-state index contributed by atoms with van der Waals surface area (Å²) in [6.07, 6.45) is 10.4. The molecule has 0 aromatic heterocycles. The zero-order valence-corrected chi connectivity index (χ0v) is 40.7. The third-order valence-corrected chi connectivity index (χ3v) is 20.6. The van der Waals surface area contributed by atoms with Gasteiger partial charge in [0.25, 0.3) is 8.32 Å². The Hall–Kier alpha value is -4.49. The number of sulfone groups is 1. The average molecular weight is 927 g/mol. The predicted molar refractivity (Wildman–Crippen MR) is 264 cm³/mol. The molecular formula is C56H66O8SSi. The molecule has 2 spiro atoms. The standard InChI is InChI=1S/C56H66O8SSi/c1-44-40-52(60-43-46-26-13-6-14-27-46)51(36-39-59-42-45-24-11-5-12-25-45)63-56(44)53(65(57,58)48-30-16-7-17-31-48)41-55(64-56)37-23-29-47(62-55)28-15-10-22-38-61-66(54(2,3)4,49-32-18-8-19-33-49)50-34-20-9-21-35-50/h5-9,11-21,23-28,30-35,37,44,47,51-53H,10,22,29,36,38-43H2,1-4H3/b28-15+/t44-,47-,51-,52-,53?,55+,56-/m1/s1. The second-order valence-electron chi connectivity index (χ2n) is 19.0. The van der Waals surface area contributed by atoms with E-state index in [1.807, 2.05) is 79.7 Å². The second-order valence-corrected chi connectivity index (χ2v) is 25.5. The van der Waals surface area contributed by atoms with Crippen molar-refractivity contribution >= 4 is 28.5 Å². The highest BCUT2D eigenvalue weighted by atomic mass is 32.2. The van der Waals surface area contributed by atoms with Crippen molar-refractivity contribution in [3.8, 4) is 0 Å². The molecule has 0 saturated carbocycles. The summed E-state index contributed by atoms with van der Waals surface area (Å²) >= 11 is 0. The van der Waals surface area contributed by atoms with Crippen molar-refractivity contribution in [3.63, 3.8) is 0 Å². The monoisotopic (exact) mass is 926 g/mol. The van der Waals surface area contributed by atoms with Gasteiger partial charge in [0, 0.05) is 25.6 Å². The lowest BCUT2D eigenvalue weighted by atomic mass is 9.85. The Kier molecular flexibility index (Phi) is 15.4. The van der Waals surface area contributed by atoms with Crippen LogP contribution in [-0.4, -0.2) is 65.1 Å². The molecule has 3 heterocycles. The average Bonchev–Trinajstić information content (AvgIpc) is 3.65. The van der Waals surface area contributed by atoms with Crippen molar-refractivity contribution in [1.29, 1.82) is 0 Å². The van der Waals surface area contributed by atoms with Crippen LogP contribution in [0.5, 0.6) is 0 Å². The van der Waals surface area contributed by atoms with Gasteiger partial charge in [0.2, 0.25) is 0 Å². The van der Waals surface area contributed by atoms with Crippen molar-refractivity contribution in [3.05, 3.63) is 187 Å². The number of allylic oxidation sites excluding steroid dienone is 1. The van der Waals surface area contributed by atoms with Crippen molar-refractivity contribution in [2.45, 2.75) is 125 Å². The first kappa shape index (κ1) is 48.0. The number of unbranched alkanes of at least 4 members (excludes halogenated alkanes) is 1. The molecule has 8 rings (SSSR count). The molecule has 5 aromatic rings. The van der Waals surface area contributed by atoms with Crippen LogP contribution in [0.2, 0.25) is 5.04 Å². The smallest absolute Gasteiger partial charge is 0.261 e. The summed E-state index contributed by atoms with van der Waals surface area (Å²) in [4.78, 5) is 0.229. The minimum absolute atomic E-state index is 0.0779. The van der Waals surface area contributed by atoms with Crippen LogP contribution in [-0.2, 0) is 51.2 Å². The van der Waals surface area contributed by atoms with E-state index in [4.69, 9.17) is 28.1 Å². The maximum atomic E-state index is 14.9. The summed E-state index contributed by atoms with van der Waals surface area (Å²) in [5, 5.41) is 1.38. The largest absolute Gasteiger partial charge is 0.407 e. The highest BCUT2D eigenvalue weighted by Gasteiger charge is 2.67. The molecular weight excluding hydrogens is 861 g/mol. The highest BCUT2D eigenvalue weighted by Crippen LogP contribution is 2.54. The molecule has 1 unspecified atom stereocenters. The van der Waals surface area contributed by atoms with Crippen LogP contribution in [0, 0.1) is 5.92 Å². The molecule has 0 bridgehead atoms. The first-order valence-corrected chi connectivity index (χ1v) is 27.1. The molecule has 7 atom stereocenters. The summed E-state index contributed by atoms with van der Waals surface area (Å²) in [5.41, 5.74) is 2.13. The number of hydrogen-bond acceptors (Lipinski definition) is 8. The van der Waals surface area contributed by atoms with Crippen molar-refractivity contribution in [1.82, 2.24) is 0 Å². The quantitative estimate of drug-likeness (QED) is 0.0488. The lowest BCUT2D eigenvalue weighted by Crippen LogP contribution is -2.66. The van der Waals surface area contributed by atoms with Crippen molar-refractivity contribution in [2.75, 3.05) is 13.2 Å². The van der Waals surface area contributed by atoms with E-state index in [1.54, 1.807) is 24.3 Å². The lowest BCUT2D eigenvalue weighted by molar-refractivity contribution is -0.363. The maximum Gasteiger partial charge on any atom is 0.261 e. The summed E-state index contributed by atoms with van der Waals surface area (Å²) in [7, 11) is -6.62. The molecule has 8 nitrogen and oxygen atoms in total. The lowest BCUT2D eigenvalue weighted by Gasteiger charge is -2.49. The Morgan fingerprint density at radius 1 is 0.742 bits per heavy atom. The fraction of sp³-hybridized carbons (Fsp3) is 0.393. The molecule has 10 heteroatoms. The molecule has 3 aliphatic rings. The summed E-state index contributed by atoms with van der Waals surface area (Å²) < 4.78 is 71.1. The Labute approximate surface area is 394 Å². The zero-order valence-electron chi connectivity index (χ0n) is 38.9. The van der Waals surface area contributed by atoms with Gasteiger partial charge in [0.15, 0.2) is 21.4 Å². The normalized spacial score (nSPS) is 25.8. The van der Waals surface area contributed by atoms with Gasteiger partial charge in [-0.2, -0.15) is 0 Å². The minimum Gasteiger partial charge on any atom is -0.407 e. The molecule has 0 N–H and O–H groups in total. The molecule has 5 aromatic carbocycles. The molecule has 2 fully saturated rings. The number of hydrogen-bond donors (Lipinski definition) is 0. The maximum absolute atomic E-state index is 14.9. The molecule has 3 aliphatic heterocycles. The number of benzene rings is 5. The Morgan fingerprint density at radius 3 is 1.92 bits per heavy atom. The van der Waals surface area contributed by atoms with E-state index in [-0.39, 0.29) is 34.5 Å². The van der Waals surface area contributed by atoms with E-state index >= 15 is 0 Å². The SMILES string of the molecule is C[C@@H]1C[C@@H](OCc2ccccc2)[C@@H](CCOCc2ccccc2)O[C@@]12O[C@@]1(C=CC[C@@H](/C=C/CCCO[Si](c3ccccc3)(c3ccccc3)C(C)(C)C)O1)CC2S(=O)(=O)c1ccccc1. The van der Waals surface area contributed by atoms with Gasteiger partial charge >= 0.3 is 0 Å². The van der Waals surface area contributed by atoms with E-state index in [2.05, 4.69) is 99.7 Å². The van der Waals surface area contributed by atoms with Gasteiger partial charge in [-0.15, -0.1) is 0 Å². The summed E-state index contributed by atoms with van der Waals surface area (Å²) in [5.74, 6) is -3.22. The predicted octanol–water partition coefficient (Wildman–Crippen LogP) is 10.5. The third-order valence-electron chi connectivity index (χ3n) is 13.4. The Bertz CT molecular complexity index is 2410. The molecule has 2 saturated heterocycles. The van der Waals surface area contributed by atoms with Crippen LogP contribution in [0.1, 0.15) is 77.3 Å². The van der Waals surface area contributed by atoms with Crippen LogP contribution in [0.4, 0.5) is 0 Å². The molecule has 348 valence electrons. The fourth-order valence-electron chi connectivity index (χ4n) is 10.1. The fourth-order valence-corrected chi connectivity index (χ4v) is 16.8. The van der Waals surface area contributed by atoms with E-state index in [0.29, 0.717) is 45.7 Å². The van der Waals surface area contributed by atoms with Gasteiger partial charge < -0.3 is 28.1 Å². The number of ether oxygens (including phenoxy) is 5. The number of rotatable bonds is 18. The summed E-state index contributed by atoms with van der Waals surface area (Å²) in [6.45, 7) is 10.8. The van der Waals surface area contributed by atoms with Gasteiger partial charge in [-0.05, 0) is 76.9 Å². The van der Waals surface area contributed by atoms with Gasteiger partial charge in [0.05, 0.1) is 36.4 Å².